The van der Waals surface area contributed by atoms with E-state index in [1.54, 1.807) is 24.3 Å². The van der Waals surface area contributed by atoms with Crippen LogP contribution in [0.15, 0.2) is 24.3 Å². The quantitative estimate of drug-likeness (QED) is 0.474. The Bertz CT molecular complexity index is 708. The van der Waals surface area contributed by atoms with E-state index in [-0.39, 0.29) is 36.5 Å². The predicted molar refractivity (Wildman–Crippen MR) is 121 cm³/mol. The van der Waals surface area contributed by atoms with Crippen molar-refractivity contribution in [1.29, 1.82) is 0 Å². The van der Waals surface area contributed by atoms with Crippen LogP contribution in [-0.4, -0.2) is 50.1 Å². The Morgan fingerprint density at radius 1 is 0.688 bits per heavy atom. The molecule has 0 radical (unpaired) electrons. The molecule has 1 aromatic carbocycles. The number of nitrogens with one attached hydrogen (secondary N) is 2. The van der Waals surface area contributed by atoms with Gasteiger partial charge in [-0.15, -0.1) is 0 Å². The second-order valence-corrected chi connectivity index (χ2v) is 8.72. The van der Waals surface area contributed by atoms with Gasteiger partial charge in [0.05, 0.1) is 27.1 Å². The third-order valence-corrected chi connectivity index (χ3v) is 4.81. The first-order valence-corrected chi connectivity index (χ1v) is 10.9. The highest BCUT2D eigenvalue weighted by molar-refractivity contribution is 5.86. The highest BCUT2D eigenvalue weighted by Gasteiger charge is 2.23. The van der Waals surface area contributed by atoms with Gasteiger partial charge in [-0.2, -0.15) is 0 Å². The summed E-state index contributed by atoms with van der Waals surface area (Å²) in [5.41, 5.74) is 1.51. The molecule has 0 heterocycles. The van der Waals surface area contributed by atoms with Gasteiger partial charge in [0.2, 0.25) is 11.8 Å². The molecule has 0 saturated heterocycles. The summed E-state index contributed by atoms with van der Waals surface area (Å²) in [4.78, 5) is 48.5. The van der Waals surface area contributed by atoms with Crippen LogP contribution in [0, 0.1) is 11.8 Å². The van der Waals surface area contributed by atoms with E-state index in [0.717, 1.165) is 11.1 Å². The minimum Gasteiger partial charge on any atom is -0.467 e. The lowest BCUT2D eigenvalue weighted by molar-refractivity contribution is -0.145. The number of ether oxygens (including phenoxy) is 2. The van der Waals surface area contributed by atoms with Crippen molar-refractivity contribution in [3.63, 3.8) is 0 Å². The molecule has 0 aromatic heterocycles. The van der Waals surface area contributed by atoms with Gasteiger partial charge in [-0.3, -0.25) is 9.59 Å². The summed E-state index contributed by atoms with van der Waals surface area (Å²) in [6, 6.07) is 5.72. The zero-order valence-electron chi connectivity index (χ0n) is 19.9. The number of esters is 2. The molecule has 178 valence electrons. The molecule has 0 saturated carbocycles. The van der Waals surface area contributed by atoms with E-state index in [0.29, 0.717) is 12.8 Å². The smallest absolute Gasteiger partial charge is 0.328 e. The summed E-state index contributed by atoms with van der Waals surface area (Å²) in [6.45, 7) is 7.86. The van der Waals surface area contributed by atoms with Gasteiger partial charge < -0.3 is 20.1 Å². The van der Waals surface area contributed by atoms with Gasteiger partial charge in [0.25, 0.3) is 0 Å². The first-order valence-electron chi connectivity index (χ1n) is 10.9. The Kier molecular flexibility index (Phi) is 11.4. The average molecular weight is 449 g/mol. The van der Waals surface area contributed by atoms with Crippen LogP contribution in [0.25, 0.3) is 0 Å². The van der Waals surface area contributed by atoms with E-state index in [4.69, 9.17) is 9.47 Å². The van der Waals surface area contributed by atoms with Crippen LogP contribution in [0.1, 0.15) is 51.7 Å². The lowest BCUT2D eigenvalue weighted by Gasteiger charge is -2.18. The van der Waals surface area contributed by atoms with Crippen molar-refractivity contribution < 1.29 is 28.7 Å². The monoisotopic (exact) mass is 448 g/mol. The highest BCUT2D eigenvalue weighted by atomic mass is 16.5. The highest BCUT2D eigenvalue weighted by Crippen LogP contribution is 2.10. The molecule has 2 amide bonds. The molecule has 0 fully saturated rings. The molecule has 2 atom stereocenters. The number of benzene rings is 1. The molecule has 0 aliphatic carbocycles. The molecule has 0 aliphatic heterocycles. The Hall–Kier alpha value is -2.90. The molecule has 0 unspecified atom stereocenters. The Morgan fingerprint density at radius 3 is 1.25 bits per heavy atom. The number of hydrogen-bond donors (Lipinski definition) is 2. The summed E-state index contributed by atoms with van der Waals surface area (Å²) < 4.78 is 9.53. The zero-order valence-corrected chi connectivity index (χ0v) is 19.9. The number of carbonyl (C=O) groups excluding carboxylic acids is 4. The predicted octanol–water partition coefficient (Wildman–Crippen LogP) is 2.18. The van der Waals surface area contributed by atoms with Crippen LogP contribution in [0.4, 0.5) is 0 Å². The summed E-state index contributed by atoms with van der Waals surface area (Å²) in [5.74, 6) is -1.03. The van der Waals surface area contributed by atoms with Gasteiger partial charge >= 0.3 is 11.9 Å². The van der Waals surface area contributed by atoms with Crippen LogP contribution in [0.2, 0.25) is 0 Å². The van der Waals surface area contributed by atoms with E-state index in [2.05, 4.69) is 10.6 Å². The second kappa shape index (κ2) is 13.5. The maximum Gasteiger partial charge on any atom is 0.328 e. The van der Waals surface area contributed by atoms with Crippen LogP contribution >= 0.6 is 0 Å². The molecule has 0 aliphatic rings. The molecule has 32 heavy (non-hydrogen) atoms. The molecule has 8 heteroatoms. The standard InChI is InChI=1S/C24H36N2O6/c1-15(2)11-19(23(29)31-5)25-21(27)13-17-7-9-18(10-8-17)14-22(28)26-20(12-16(3)4)24(30)32-6/h7-10,15-16,19-20H,11-14H2,1-6H3,(H,25,27)(H,26,28)/t19-,20-/m0/s1. The third-order valence-electron chi connectivity index (χ3n) is 4.81. The van der Waals surface area contributed by atoms with Gasteiger partial charge in [-0.1, -0.05) is 52.0 Å². The van der Waals surface area contributed by atoms with Crippen LogP contribution in [0.3, 0.4) is 0 Å². The molecule has 1 rings (SSSR count). The fourth-order valence-electron chi connectivity index (χ4n) is 3.29. The van der Waals surface area contributed by atoms with E-state index in [1.165, 1.54) is 14.2 Å². The van der Waals surface area contributed by atoms with E-state index in [9.17, 15) is 19.2 Å². The first-order chi connectivity index (χ1) is 15.0. The molecule has 2 N–H and O–H groups in total. The van der Waals surface area contributed by atoms with Gasteiger partial charge in [-0.25, -0.2) is 9.59 Å². The molecular weight excluding hydrogens is 412 g/mol. The van der Waals surface area contributed by atoms with Crippen LogP contribution in [0.5, 0.6) is 0 Å². The normalized spacial score (nSPS) is 12.8. The first kappa shape index (κ1) is 27.1. The molecular formula is C24H36N2O6. The maximum atomic E-state index is 12.4. The number of methoxy groups -OCH3 is 2. The lowest BCUT2D eigenvalue weighted by atomic mass is 10.0. The molecule has 0 spiro atoms. The minimum absolute atomic E-state index is 0.108. The topological polar surface area (TPSA) is 111 Å². The summed E-state index contributed by atoms with van der Waals surface area (Å²) in [7, 11) is 2.60. The van der Waals surface area contributed by atoms with Gasteiger partial charge in [0.1, 0.15) is 12.1 Å². The van der Waals surface area contributed by atoms with Crippen LogP contribution < -0.4 is 10.6 Å². The summed E-state index contributed by atoms with van der Waals surface area (Å²) in [6.07, 6.45) is 1.21. The third kappa shape index (κ3) is 9.94. The zero-order chi connectivity index (χ0) is 24.3. The van der Waals surface area contributed by atoms with Crippen molar-refractivity contribution in [2.45, 2.75) is 65.5 Å². The molecule has 0 bridgehead atoms. The molecule has 8 nitrogen and oxygen atoms in total. The van der Waals surface area contributed by atoms with Crippen molar-refractivity contribution in [2.75, 3.05) is 14.2 Å². The van der Waals surface area contributed by atoms with Crippen molar-refractivity contribution in [1.82, 2.24) is 10.6 Å². The van der Waals surface area contributed by atoms with Crippen molar-refractivity contribution >= 4 is 23.8 Å². The van der Waals surface area contributed by atoms with Crippen molar-refractivity contribution in [3.05, 3.63) is 35.4 Å². The SMILES string of the molecule is COC(=O)[C@H](CC(C)C)NC(=O)Cc1ccc(CC(=O)N[C@@H](CC(C)C)C(=O)OC)cc1. The lowest BCUT2D eigenvalue weighted by Crippen LogP contribution is -2.43. The van der Waals surface area contributed by atoms with Gasteiger partial charge in [0.15, 0.2) is 0 Å². The summed E-state index contributed by atoms with van der Waals surface area (Å²) in [5, 5.41) is 5.45. The maximum absolute atomic E-state index is 12.4. The fraction of sp³-hybridized carbons (Fsp3) is 0.583. The van der Waals surface area contributed by atoms with Crippen molar-refractivity contribution in [2.24, 2.45) is 11.8 Å². The van der Waals surface area contributed by atoms with E-state index < -0.39 is 24.0 Å². The molecule has 1 aromatic rings. The number of hydrogen-bond acceptors (Lipinski definition) is 6. The van der Waals surface area contributed by atoms with Gasteiger partial charge in [0, 0.05) is 0 Å². The minimum atomic E-state index is -0.677. The summed E-state index contributed by atoms with van der Waals surface area (Å²) >= 11 is 0. The van der Waals surface area contributed by atoms with E-state index >= 15 is 0 Å². The average Bonchev–Trinajstić information content (AvgIpc) is 2.72. The number of amides is 2. The Labute approximate surface area is 190 Å². The number of carbonyl (C=O) groups is 4. The largest absolute Gasteiger partial charge is 0.467 e. The Morgan fingerprint density at radius 2 is 1.00 bits per heavy atom. The Balaban J connectivity index is 2.66. The van der Waals surface area contributed by atoms with Gasteiger partial charge in [-0.05, 0) is 35.8 Å². The number of rotatable bonds is 12. The second-order valence-electron chi connectivity index (χ2n) is 8.72. The van der Waals surface area contributed by atoms with E-state index in [1.807, 2.05) is 27.7 Å². The van der Waals surface area contributed by atoms with Crippen molar-refractivity contribution in [3.8, 4) is 0 Å². The fourth-order valence-corrected chi connectivity index (χ4v) is 3.29. The van der Waals surface area contributed by atoms with Crippen LogP contribution in [-0.2, 0) is 41.5 Å².